The monoisotopic (exact) mass is 217 g/mol. The molecule has 0 bridgehead atoms. The molecule has 1 heterocycles. The maximum Gasteiger partial charge on any atom is 0.179 e. The molecule has 11 heavy (non-hydrogen) atoms. The second kappa shape index (κ2) is 3.54. The summed E-state index contributed by atoms with van der Waals surface area (Å²) in [5.41, 5.74) is 3.27. The van der Waals surface area contributed by atoms with Gasteiger partial charge in [-0.3, -0.25) is 4.99 Å². The molecule has 0 saturated carbocycles. The number of aliphatic imine (C=N–C) groups is 1. The molecule has 0 fully saturated rings. The quantitative estimate of drug-likeness (QED) is 0.318. The third-order valence-electron chi connectivity index (χ3n) is 1.23. The van der Waals surface area contributed by atoms with Gasteiger partial charge >= 0.3 is 0 Å². The number of hydrazine groups is 1. The maximum absolute atomic E-state index is 5.20. The summed E-state index contributed by atoms with van der Waals surface area (Å²) in [6, 6.07) is 1.77. The van der Waals surface area contributed by atoms with Crippen LogP contribution in [0.1, 0.15) is 5.56 Å². The van der Waals surface area contributed by atoms with Crippen LogP contribution in [0, 0.1) is 0 Å². The number of rotatable bonds is 1. The molecule has 0 spiro atoms. The van der Waals surface area contributed by atoms with Gasteiger partial charge in [0.05, 0.1) is 11.8 Å². The zero-order valence-electron chi connectivity index (χ0n) is 5.97. The van der Waals surface area contributed by atoms with Gasteiger partial charge < -0.3 is 9.84 Å². The molecule has 0 aliphatic heterocycles. The molecule has 0 radical (unpaired) electrons. The standard InChI is InChI=1S/C6H8BrN3O/c1-9-6(10-8)4-2-3-11-5(4)7/h2-3H,8H2,1H3,(H,9,10). The lowest BCUT2D eigenvalue weighted by Crippen LogP contribution is -2.30. The molecule has 1 rings (SSSR count). The Morgan fingerprint density at radius 1 is 1.82 bits per heavy atom. The van der Waals surface area contributed by atoms with E-state index in [9.17, 15) is 0 Å². The van der Waals surface area contributed by atoms with Crippen LogP contribution in [0.5, 0.6) is 0 Å². The first kappa shape index (κ1) is 8.29. The van der Waals surface area contributed by atoms with Crippen molar-refractivity contribution in [2.24, 2.45) is 10.8 Å². The second-order valence-corrected chi connectivity index (χ2v) is 2.54. The van der Waals surface area contributed by atoms with Crippen molar-refractivity contribution in [2.75, 3.05) is 7.05 Å². The summed E-state index contributed by atoms with van der Waals surface area (Å²) in [5, 5.41) is 0. The summed E-state index contributed by atoms with van der Waals surface area (Å²) in [6.07, 6.45) is 1.56. The van der Waals surface area contributed by atoms with Gasteiger partial charge in [-0.1, -0.05) is 0 Å². The first-order valence-corrected chi connectivity index (χ1v) is 3.75. The summed E-state index contributed by atoms with van der Waals surface area (Å²) < 4.78 is 5.61. The topological polar surface area (TPSA) is 63.5 Å². The van der Waals surface area contributed by atoms with Gasteiger partial charge in [-0.25, -0.2) is 5.84 Å². The van der Waals surface area contributed by atoms with E-state index in [2.05, 4.69) is 26.3 Å². The predicted molar refractivity (Wildman–Crippen MR) is 46.2 cm³/mol. The summed E-state index contributed by atoms with van der Waals surface area (Å²) in [7, 11) is 1.65. The number of halogens is 1. The molecule has 60 valence electrons. The highest BCUT2D eigenvalue weighted by atomic mass is 79.9. The molecule has 4 nitrogen and oxygen atoms in total. The number of hydrogen-bond donors (Lipinski definition) is 2. The van der Waals surface area contributed by atoms with E-state index in [0.717, 1.165) is 5.56 Å². The van der Waals surface area contributed by atoms with Crippen molar-refractivity contribution in [3.8, 4) is 0 Å². The molecule has 3 N–H and O–H groups in total. The molecule has 0 aromatic carbocycles. The van der Waals surface area contributed by atoms with Gasteiger partial charge in [0.1, 0.15) is 5.84 Å². The van der Waals surface area contributed by atoms with E-state index in [1.54, 1.807) is 19.4 Å². The number of furan rings is 1. The van der Waals surface area contributed by atoms with Gasteiger partial charge in [-0.15, -0.1) is 0 Å². The second-order valence-electron chi connectivity index (χ2n) is 1.82. The number of nitrogens with two attached hydrogens (primary N) is 1. The fraction of sp³-hybridized carbons (Fsp3) is 0.167. The molecule has 0 aliphatic carbocycles. The maximum atomic E-state index is 5.20. The highest BCUT2D eigenvalue weighted by Crippen LogP contribution is 2.16. The SMILES string of the molecule is CN=C(NN)c1ccoc1Br. The molecular formula is C6H8BrN3O. The van der Waals surface area contributed by atoms with Crippen LogP contribution in [0.25, 0.3) is 0 Å². The highest BCUT2D eigenvalue weighted by molar-refractivity contribution is 9.10. The minimum atomic E-state index is 0.589. The molecule has 1 aromatic heterocycles. The van der Waals surface area contributed by atoms with Crippen LogP contribution in [0.3, 0.4) is 0 Å². The van der Waals surface area contributed by atoms with E-state index in [1.807, 2.05) is 0 Å². The lowest BCUT2D eigenvalue weighted by molar-refractivity contribution is 0.540. The Hall–Kier alpha value is -0.810. The van der Waals surface area contributed by atoms with Gasteiger partial charge in [0.25, 0.3) is 0 Å². The third kappa shape index (κ3) is 1.61. The molecule has 0 unspecified atom stereocenters. The molecule has 5 heteroatoms. The Kier molecular flexibility index (Phi) is 2.67. The normalized spacial score (nSPS) is 11.7. The fourth-order valence-corrected chi connectivity index (χ4v) is 1.15. The van der Waals surface area contributed by atoms with E-state index in [1.165, 1.54) is 0 Å². The molecular weight excluding hydrogens is 210 g/mol. The third-order valence-corrected chi connectivity index (χ3v) is 1.85. The smallest absolute Gasteiger partial charge is 0.179 e. The van der Waals surface area contributed by atoms with Crippen LogP contribution < -0.4 is 11.3 Å². The van der Waals surface area contributed by atoms with Gasteiger partial charge in [0.15, 0.2) is 4.67 Å². The molecule has 0 atom stereocenters. The van der Waals surface area contributed by atoms with Gasteiger partial charge in [0, 0.05) is 7.05 Å². The average molecular weight is 218 g/mol. The highest BCUT2D eigenvalue weighted by Gasteiger charge is 2.07. The zero-order chi connectivity index (χ0) is 8.27. The number of hydrogen-bond acceptors (Lipinski definition) is 3. The van der Waals surface area contributed by atoms with Gasteiger partial charge in [-0.05, 0) is 22.0 Å². The van der Waals surface area contributed by atoms with Crippen molar-refractivity contribution in [2.45, 2.75) is 0 Å². The molecule has 0 amide bonds. The minimum Gasteiger partial charge on any atom is -0.457 e. The Morgan fingerprint density at radius 3 is 2.91 bits per heavy atom. The largest absolute Gasteiger partial charge is 0.457 e. The van der Waals surface area contributed by atoms with E-state index < -0.39 is 0 Å². The summed E-state index contributed by atoms with van der Waals surface area (Å²) in [4.78, 5) is 3.90. The van der Waals surface area contributed by atoms with Crippen LogP contribution in [-0.4, -0.2) is 12.9 Å². The van der Waals surface area contributed by atoms with Gasteiger partial charge in [0.2, 0.25) is 0 Å². The lowest BCUT2D eigenvalue weighted by Gasteiger charge is -1.99. The molecule has 1 aromatic rings. The lowest BCUT2D eigenvalue weighted by atomic mass is 10.3. The van der Waals surface area contributed by atoms with Crippen LogP contribution >= 0.6 is 15.9 Å². The number of amidine groups is 1. The van der Waals surface area contributed by atoms with E-state index in [0.29, 0.717) is 10.5 Å². The summed E-state index contributed by atoms with van der Waals surface area (Å²) in [5.74, 6) is 5.79. The molecule has 0 saturated heterocycles. The number of nitrogens with zero attached hydrogens (tertiary/aromatic N) is 1. The van der Waals surface area contributed by atoms with Crippen molar-refractivity contribution in [1.29, 1.82) is 0 Å². The Bertz CT molecular complexity index is 269. The summed E-state index contributed by atoms with van der Waals surface area (Å²) >= 11 is 3.21. The predicted octanol–water partition coefficient (Wildman–Crippen LogP) is 0.882. The van der Waals surface area contributed by atoms with Crippen molar-refractivity contribution in [3.05, 3.63) is 22.6 Å². The average Bonchev–Trinajstić information content (AvgIpc) is 2.40. The van der Waals surface area contributed by atoms with Crippen LogP contribution in [0.2, 0.25) is 0 Å². The van der Waals surface area contributed by atoms with E-state index in [4.69, 9.17) is 10.3 Å². The Morgan fingerprint density at radius 2 is 2.55 bits per heavy atom. The van der Waals surface area contributed by atoms with Crippen LogP contribution in [0.15, 0.2) is 26.4 Å². The molecule has 0 aliphatic rings. The number of nitrogens with one attached hydrogen (secondary N) is 1. The fourth-order valence-electron chi connectivity index (χ4n) is 0.726. The zero-order valence-corrected chi connectivity index (χ0v) is 7.55. The van der Waals surface area contributed by atoms with Crippen LogP contribution in [0.4, 0.5) is 0 Å². The Balaban J connectivity index is 3.00. The first-order chi connectivity index (χ1) is 5.29. The van der Waals surface area contributed by atoms with E-state index >= 15 is 0 Å². The van der Waals surface area contributed by atoms with E-state index in [-0.39, 0.29) is 0 Å². The van der Waals surface area contributed by atoms with Gasteiger partial charge in [-0.2, -0.15) is 0 Å². The summed E-state index contributed by atoms with van der Waals surface area (Å²) in [6.45, 7) is 0. The van der Waals surface area contributed by atoms with Crippen LogP contribution in [-0.2, 0) is 0 Å². The Labute approximate surface area is 72.6 Å². The van der Waals surface area contributed by atoms with Crippen molar-refractivity contribution >= 4 is 21.8 Å². The van der Waals surface area contributed by atoms with Crippen molar-refractivity contribution in [3.63, 3.8) is 0 Å². The van der Waals surface area contributed by atoms with Crippen molar-refractivity contribution in [1.82, 2.24) is 5.43 Å². The van der Waals surface area contributed by atoms with Crippen molar-refractivity contribution < 1.29 is 4.42 Å². The minimum absolute atomic E-state index is 0.589. The first-order valence-electron chi connectivity index (χ1n) is 2.96.